The van der Waals surface area contributed by atoms with Crippen LogP contribution in [0.1, 0.15) is 54.0 Å². The van der Waals surface area contributed by atoms with Crippen molar-refractivity contribution < 1.29 is 31.5 Å². The average molecular weight is 326 g/mol. The topological polar surface area (TPSA) is 65.2 Å². The Labute approximate surface area is 123 Å². The van der Waals surface area contributed by atoms with E-state index in [0.717, 1.165) is 0 Å². The third-order valence-corrected chi connectivity index (χ3v) is 2.83. The predicted molar refractivity (Wildman–Crippen MR) is 68.6 cm³/mol. The molecule has 22 heavy (non-hydrogen) atoms. The number of ether oxygens (including phenoxy) is 1. The van der Waals surface area contributed by atoms with Gasteiger partial charge in [0.2, 0.25) is 0 Å². The number of nitrogens with zero attached hydrogens (tertiary/aromatic N) is 1. The Morgan fingerprint density at radius 1 is 1.32 bits per heavy atom. The number of halogens is 5. The maximum absolute atomic E-state index is 13.1. The van der Waals surface area contributed by atoms with Gasteiger partial charge < -0.3 is 10.5 Å². The van der Waals surface area contributed by atoms with Gasteiger partial charge in [-0.1, -0.05) is 13.3 Å². The molecule has 1 aromatic heterocycles. The lowest BCUT2D eigenvalue weighted by Gasteiger charge is -2.19. The van der Waals surface area contributed by atoms with Crippen molar-refractivity contribution >= 4 is 11.7 Å². The molecule has 0 aliphatic heterocycles. The summed E-state index contributed by atoms with van der Waals surface area (Å²) in [6.45, 7) is 2.86. The molecule has 4 nitrogen and oxygen atoms in total. The van der Waals surface area contributed by atoms with E-state index >= 15 is 0 Å². The number of hydrogen-bond donors (Lipinski definition) is 1. The molecule has 1 heterocycles. The van der Waals surface area contributed by atoms with Crippen molar-refractivity contribution in [1.29, 1.82) is 0 Å². The molecule has 9 heteroatoms. The molecule has 0 fully saturated rings. The SMILES string of the molecule is CCCc1c(N)c(C(F)F)nc(C(F)(F)F)c1C(=O)OCC. The van der Waals surface area contributed by atoms with Crippen LogP contribution in [0.3, 0.4) is 0 Å². The molecule has 1 rings (SSSR count). The highest BCUT2D eigenvalue weighted by molar-refractivity contribution is 5.94. The number of nitrogens with two attached hydrogens (primary N) is 1. The van der Waals surface area contributed by atoms with E-state index in [9.17, 15) is 26.7 Å². The summed E-state index contributed by atoms with van der Waals surface area (Å²) in [6, 6.07) is 0. The van der Waals surface area contributed by atoms with Gasteiger partial charge in [-0.2, -0.15) is 13.2 Å². The van der Waals surface area contributed by atoms with E-state index in [-0.39, 0.29) is 18.6 Å². The maximum Gasteiger partial charge on any atom is 0.434 e. The fourth-order valence-electron chi connectivity index (χ4n) is 1.97. The van der Waals surface area contributed by atoms with Crippen LogP contribution < -0.4 is 5.73 Å². The first kappa shape index (κ1) is 18.1. The van der Waals surface area contributed by atoms with E-state index in [0.29, 0.717) is 6.42 Å². The molecule has 0 saturated heterocycles. The van der Waals surface area contributed by atoms with Gasteiger partial charge in [-0.15, -0.1) is 0 Å². The van der Waals surface area contributed by atoms with Crippen LogP contribution in [0, 0.1) is 0 Å². The number of rotatable bonds is 5. The van der Waals surface area contributed by atoms with E-state index in [1.165, 1.54) is 6.92 Å². The molecule has 0 unspecified atom stereocenters. The number of aromatic nitrogens is 1. The van der Waals surface area contributed by atoms with Gasteiger partial charge in [0, 0.05) is 0 Å². The van der Waals surface area contributed by atoms with Gasteiger partial charge in [0.1, 0.15) is 5.69 Å². The predicted octanol–water partition coefficient (Wildman–Crippen LogP) is 3.75. The Kier molecular flexibility index (Phi) is 5.67. The molecule has 0 aliphatic carbocycles. The van der Waals surface area contributed by atoms with E-state index < -0.39 is 41.2 Å². The number of anilines is 1. The number of carbonyl (C=O) groups excluding carboxylic acids is 1. The first-order chi connectivity index (χ1) is 10.1. The second kappa shape index (κ2) is 6.89. The Bertz CT molecular complexity index is 558. The lowest BCUT2D eigenvalue weighted by atomic mass is 9.98. The smallest absolute Gasteiger partial charge is 0.434 e. The monoisotopic (exact) mass is 326 g/mol. The van der Waals surface area contributed by atoms with Gasteiger partial charge in [-0.3, -0.25) is 0 Å². The van der Waals surface area contributed by atoms with Gasteiger partial charge >= 0.3 is 12.1 Å². The highest BCUT2D eigenvalue weighted by Crippen LogP contribution is 2.38. The van der Waals surface area contributed by atoms with E-state index in [2.05, 4.69) is 9.72 Å². The largest absolute Gasteiger partial charge is 0.462 e. The molecule has 0 bridgehead atoms. The second-order valence-corrected chi connectivity index (χ2v) is 4.38. The normalized spacial score (nSPS) is 11.8. The Hall–Kier alpha value is -1.93. The van der Waals surface area contributed by atoms with Crippen LogP contribution in [0.15, 0.2) is 0 Å². The molecule has 0 radical (unpaired) electrons. The number of pyridine rings is 1. The summed E-state index contributed by atoms with van der Waals surface area (Å²) in [5.74, 6) is -1.28. The molecular weight excluding hydrogens is 311 g/mol. The summed E-state index contributed by atoms with van der Waals surface area (Å²) in [4.78, 5) is 14.7. The van der Waals surface area contributed by atoms with Crippen LogP contribution in [0.25, 0.3) is 0 Å². The maximum atomic E-state index is 13.1. The molecule has 0 aromatic carbocycles. The number of hydrogen-bond acceptors (Lipinski definition) is 4. The first-order valence-corrected chi connectivity index (χ1v) is 6.49. The average Bonchev–Trinajstić information content (AvgIpc) is 2.39. The van der Waals surface area contributed by atoms with Crippen molar-refractivity contribution in [3.05, 3.63) is 22.5 Å². The number of alkyl halides is 5. The van der Waals surface area contributed by atoms with Crippen molar-refractivity contribution in [2.24, 2.45) is 0 Å². The summed E-state index contributed by atoms with van der Waals surface area (Å²) < 4.78 is 69.6. The summed E-state index contributed by atoms with van der Waals surface area (Å²) in [6.07, 6.45) is -8.14. The van der Waals surface area contributed by atoms with Gasteiger partial charge in [0.05, 0.1) is 17.9 Å². The Morgan fingerprint density at radius 2 is 1.91 bits per heavy atom. The van der Waals surface area contributed by atoms with Crippen LogP contribution in [-0.4, -0.2) is 17.6 Å². The highest BCUT2D eigenvalue weighted by Gasteiger charge is 2.41. The number of nitrogen functional groups attached to an aromatic ring is 1. The minimum absolute atomic E-state index is 0.0781. The quantitative estimate of drug-likeness (QED) is 0.661. The van der Waals surface area contributed by atoms with Crippen LogP contribution >= 0.6 is 0 Å². The zero-order valence-corrected chi connectivity index (χ0v) is 11.9. The summed E-state index contributed by atoms with van der Waals surface area (Å²) >= 11 is 0. The van der Waals surface area contributed by atoms with Crippen LogP contribution in [0.2, 0.25) is 0 Å². The second-order valence-electron chi connectivity index (χ2n) is 4.38. The van der Waals surface area contributed by atoms with Gasteiger partial charge in [-0.25, -0.2) is 18.6 Å². The Balaban J connectivity index is 3.74. The molecule has 2 N–H and O–H groups in total. The van der Waals surface area contributed by atoms with E-state index in [1.54, 1.807) is 6.92 Å². The van der Waals surface area contributed by atoms with Crippen molar-refractivity contribution in [2.45, 2.75) is 39.3 Å². The summed E-state index contributed by atoms with van der Waals surface area (Å²) in [7, 11) is 0. The van der Waals surface area contributed by atoms with Crippen LogP contribution in [0.5, 0.6) is 0 Å². The first-order valence-electron chi connectivity index (χ1n) is 6.49. The third-order valence-electron chi connectivity index (χ3n) is 2.83. The van der Waals surface area contributed by atoms with Gasteiger partial charge in [0.15, 0.2) is 5.69 Å². The van der Waals surface area contributed by atoms with Crippen molar-refractivity contribution in [2.75, 3.05) is 12.3 Å². The molecule has 0 saturated carbocycles. The summed E-state index contributed by atoms with van der Waals surface area (Å²) in [5.41, 5.74) is 0.826. The van der Waals surface area contributed by atoms with Gasteiger partial charge in [0.25, 0.3) is 6.43 Å². The van der Waals surface area contributed by atoms with Crippen molar-refractivity contribution in [3.8, 4) is 0 Å². The highest BCUT2D eigenvalue weighted by atomic mass is 19.4. The lowest BCUT2D eigenvalue weighted by Crippen LogP contribution is -2.22. The third kappa shape index (κ3) is 3.63. The lowest BCUT2D eigenvalue weighted by molar-refractivity contribution is -0.142. The summed E-state index contributed by atoms with van der Waals surface area (Å²) in [5, 5.41) is 0. The zero-order valence-electron chi connectivity index (χ0n) is 11.9. The molecule has 0 amide bonds. The minimum Gasteiger partial charge on any atom is -0.462 e. The minimum atomic E-state index is -5.08. The Morgan fingerprint density at radius 3 is 2.32 bits per heavy atom. The van der Waals surface area contributed by atoms with Crippen LogP contribution in [-0.2, 0) is 17.3 Å². The molecule has 0 atom stereocenters. The molecular formula is C13H15F5N2O2. The standard InChI is InChI=1S/C13H15F5N2O2/c1-3-5-6-7(12(21)22-4-2)10(13(16,17)18)20-9(8(6)19)11(14)15/h11H,3-5,19H2,1-2H3. The fourth-order valence-corrected chi connectivity index (χ4v) is 1.97. The fraction of sp³-hybridized carbons (Fsp3) is 0.538. The van der Waals surface area contributed by atoms with Crippen molar-refractivity contribution in [3.63, 3.8) is 0 Å². The van der Waals surface area contributed by atoms with Gasteiger partial charge in [-0.05, 0) is 18.9 Å². The molecule has 124 valence electrons. The number of esters is 1. The van der Waals surface area contributed by atoms with E-state index in [4.69, 9.17) is 5.73 Å². The number of carbonyl (C=O) groups is 1. The van der Waals surface area contributed by atoms with Crippen LogP contribution in [0.4, 0.5) is 27.6 Å². The van der Waals surface area contributed by atoms with E-state index in [1.807, 2.05) is 0 Å². The molecule has 1 aromatic rings. The molecule has 0 aliphatic rings. The zero-order chi connectivity index (χ0) is 17.1. The van der Waals surface area contributed by atoms with Crippen molar-refractivity contribution in [1.82, 2.24) is 4.98 Å². The molecule has 0 spiro atoms.